The second kappa shape index (κ2) is 9.84. The molecule has 0 saturated heterocycles. The van der Waals surface area contributed by atoms with Crippen molar-refractivity contribution >= 4 is 17.3 Å². The van der Waals surface area contributed by atoms with Crippen LogP contribution in [-0.2, 0) is 9.53 Å². The number of hydrogen-bond donors (Lipinski definition) is 0. The maximum Gasteiger partial charge on any atom is 0.315 e. The summed E-state index contributed by atoms with van der Waals surface area (Å²) in [7, 11) is 0. The highest BCUT2D eigenvalue weighted by Crippen LogP contribution is 2.28. The van der Waals surface area contributed by atoms with E-state index in [2.05, 4.69) is 11.1 Å². The number of carbonyl (C=O) groups excluding carboxylic acids is 1. The third-order valence-electron chi connectivity index (χ3n) is 3.91. The SMILES string of the molecule is CCOC(=O)C(CCCCC(C#N)c1ccccc1)c1nccs1. The highest BCUT2D eigenvalue weighted by Gasteiger charge is 2.24. The molecular weight excluding hydrogens is 320 g/mol. The summed E-state index contributed by atoms with van der Waals surface area (Å²) in [6.07, 6.45) is 4.99. The average Bonchev–Trinajstić information content (AvgIpc) is 3.13. The molecule has 1 heterocycles. The lowest BCUT2D eigenvalue weighted by Gasteiger charge is -2.14. The fraction of sp³-hybridized carbons (Fsp3) is 0.421. The summed E-state index contributed by atoms with van der Waals surface area (Å²) in [5.74, 6) is -0.582. The first-order chi connectivity index (χ1) is 11.8. The molecule has 0 aliphatic carbocycles. The van der Waals surface area contributed by atoms with Crippen LogP contribution in [0.4, 0.5) is 0 Å². The van der Waals surface area contributed by atoms with E-state index in [1.54, 1.807) is 6.20 Å². The maximum absolute atomic E-state index is 12.1. The fourth-order valence-corrected chi connectivity index (χ4v) is 3.44. The number of nitriles is 1. The van der Waals surface area contributed by atoms with Gasteiger partial charge in [-0.15, -0.1) is 11.3 Å². The Morgan fingerprint density at radius 2 is 2.04 bits per heavy atom. The first kappa shape index (κ1) is 18.2. The molecule has 0 spiro atoms. The van der Waals surface area contributed by atoms with Gasteiger partial charge in [0.1, 0.15) is 10.9 Å². The van der Waals surface area contributed by atoms with Crippen LogP contribution in [0.1, 0.15) is 55.0 Å². The molecule has 0 aliphatic rings. The zero-order valence-electron chi connectivity index (χ0n) is 13.9. The molecule has 5 heteroatoms. The van der Waals surface area contributed by atoms with Crippen molar-refractivity contribution < 1.29 is 9.53 Å². The number of carbonyl (C=O) groups is 1. The molecule has 126 valence electrons. The normalized spacial score (nSPS) is 13.0. The van der Waals surface area contributed by atoms with E-state index in [9.17, 15) is 10.1 Å². The summed E-state index contributed by atoms with van der Waals surface area (Å²) in [4.78, 5) is 16.4. The molecule has 1 aromatic heterocycles. The summed E-state index contributed by atoms with van der Waals surface area (Å²) in [6, 6.07) is 12.2. The molecular formula is C19H22N2O2S. The van der Waals surface area contributed by atoms with E-state index in [4.69, 9.17) is 4.74 Å². The van der Waals surface area contributed by atoms with Crippen LogP contribution in [0.5, 0.6) is 0 Å². The summed E-state index contributed by atoms with van der Waals surface area (Å²) in [5.41, 5.74) is 1.06. The first-order valence-corrected chi connectivity index (χ1v) is 9.14. The van der Waals surface area contributed by atoms with Crippen LogP contribution in [0.3, 0.4) is 0 Å². The van der Waals surface area contributed by atoms with Gasteiger partial charge in [0.2, 0.25) is 0 Å². The zero-order valence-corrected chi connectivity index (χ0v) is 14.7. The third kappa shape index (κ3) is 5.17. The Morgan fingerprint density at radius 1 is 1.29 bits per heavy atom. The number of thiazole rings is 1. The molecule has 24 heavy (non-hydrogen) atoms. The molecule has 1 aromatic carbocycles. The quantitative estimate of drug-likeness (QED) is 0.491. The molecule has 0 fully saturated rings. The van der Waals surface area contributed by atoms with Gasteiger partial charge < -0.3 is 4.74 Å². The van der Waals surface area contributed by atoms with Crippen molar-refractivity contribution in [1.82, 2.24) is 4.98 Å². The first-order valence-electron chi connectivity index (χ1n) is 8.26. The maximum atomic E-state index is 12.1. The van der Waals surface area contributed by atoms with Gasteiger partial charge in [0.25, 0.3) is 0 Å². The lowest BCUT2D eigenvalue weighted by atomic mass is 9.93. The Hall–Kier alpha value is -2.19. The van der Waals surface area contributed by atoms with Crippen molar-refractivity contribution in [3.05, 3.63) is 52.5 Å². The number of esters is 1. The van der Waals surface area contributed by atoms with E-state index in [-0.39, 0.29) is 17.8 Å². The molecule has 0 aliphatic heterocycles. The summed E-state index contributed by atoms with van der Waals surface area (Å²) in [6.45, 7) is 2.19. The van der Waals surface area contributed by atoms with Crippen LogP contribution in [-0.4, -0.2) is 17.6 Å². The van der Waals surface area contributed by atoms with Crippen LogP contribution >= 0.6 is 11.3 Å². The van der Waals surface area contributed by atoms with Gasteiger partial charge in [0.05, 0.1) is 18.6 Å². The average molecular weight is 342 g/mol. The van der Waals surface area contributed by atoms with E-state index in [1.807, 2.05) is 42.6 Å². The largest absolute Gasteiger partial charge is 0.465 e. The van der Waals surface area contributed by atoms with Gasteiger partial charge in [-0.25, -0.2) is 4.98 Å². The second-order valence-corrected chi connectivity index (χ2v) is 6.48. The van der Waals surface area contributed by atoms with E-state index in [1.165, 1.54) is 11.3 Å². The number of unbranched alkanes of at least 4 members (excludes halogenated alkanes) is 1. The molecule has 2 unspecified atom stereocenters. The lowest BCUT2D eigenvalue weighted by molar-refractivity contribution is -0.145. The number of rotatable bonds is 9. The molecule has 2 atom stereocenters. The van der Waals surface area contributed by atoms with Crippen molar-refractivity contribution in [1.29, 1.82) is 5.26 Å². The minimum atomic E-state index is -0.290. The number of ether oxygens (including phenoxy) is 1. The summed E-state index contributed by atoms with van der Waals surface area (Å²) >= 11 is 1.49. The summed E-state index contributed by atoms with van der Waals surface area (Å²) in [5, 5.41) is 12.1. The predicted molar refractivity (Wildman–Crippen MR) is 94.8 cm³/mol. The molecule has 0 amide bonds. The standard InChI is InChI=1S/C19H22N2O2S/c1-2-23-19(22)17(18-21-12-13-24-18)11-7-6-10-16(14-20)15-8-4-3-5-9-15/h3-5,8-9,12-13,16-17H,2,6-7,10-11H2,1H3. The third-order valence-corrected chi connectivity index (χ3v) is 4.80. The van der Waals surface area contributed by atoms with Crippen LogP contribution in [0.2, 0.25) is 0 Å². The van der Waals surface area contributed by atoms with Gasteiger partial charge in [-0.2, -0.15) is 5.26 Å². The molecule has 0 bridgehead atoms. The number of benzene rings is 1. The Kier molecular flexibility index (Phi) is 7.44. The molecule has 2 rings (SSSR count). The van der Waals surface area contributed by atoms with Crippen LogP contribution in [0, 0.1) is 11.3 Å². The number of aromatic nitrogens is 1. The predicted octanol–water partition coefficient (Wildman–Crippen LogP) is 4.66. The zero-order chi connectivity index (χ0) is 17.2. The Bertz CT molecular complexity index is 650. The van der Waals surface area contributed by atoms with Gasteiger partial charge in [-0.1, -0.05) is 43.2 Å². The van der Waals surface area contributed by atoms with Crippen molar-refractivity contribution in [2.45, 2.75) is 44.4 Å². The van der Waals surface area contributed by atoms with Gasteiger partial charge in [-0.3, -0.25) is 4.79 Å². The van der Waals surface area contributed by atoms with Crippen molar-refractivity contribution in [3.8, 4) is 6.07 Å². The molecule has 4 nitrogen and oxygen atoms in total. The van der Waals surface area contributed by atoms with Crippen molar-refractivity contribution in [2.75, 3.05) is 6.61 Å². The van der Waals surface area contributed by atoms with Crippen LogP contribution < -0.4 is 0 Å². The summed E-state index contributed by atoms with van der Waals surface area (Å²) < 4.78 is 5.17. The molecule has 0 saturated carbocycles. The monoisotopic (exact) mass is 342 g/mol. The minimum Gasteiger partial charge on any atom is -0.465 e. The van der Waals surface area contributed by atoms with Gasteiger partial charge in [0.15, 0.2) is 0 Å². The highest BCUT2D eigenvalue weighted by atomic mass is 32.1. The Balaban J connectivity index is 1.86. The van der Waals surface area contributed by atoms with E-state index < -0.39 is 0 Å². The van der Waals surface area contributed by atoms with E-state index in [0.29, 0.717) is 13.0 Å². The molecule has 0 N–H and O–H groups in total. The van der Waals surface area contributed by atoms with Gasteiger partial charge in [0, 0.05) is 11.6 Å². The van der Waals surface area contributed by atoms with E-state index >= 15 is 0 Å². The smallest absolute Gasteiger partial charge is 0.315 e. The molecule has 0 radical (unpaired) electrons. The fourth-order valence-electron chi connectivity index (χ4n) is 2.68. The van der Waals surface area contributed by atoms with Crippen molar-refractivity contribution in [2.24, 2.45) is 0 Å². The van der Waals surface area contributed by atoms with Crippen LogP contribution in [0.15, 0.2) is 41.9 Å². The lowest BCUT2D eigenvalue weighted by Crippen LogP contribution is -2.16. The Morgan fingerprint density at radius 3 is 2.67 bits per heavy atom. The van der Waals surface area contributed by atoms with Gasteiger partial charge in [-0.05, 0) is 25.3 Å². The number of hydrogen-bond acceptors (Lipinski definition) is 5. The minimum absolute atomic E-state index is 0.0906. The second-order valence-electron chi connectivity index (χ2n) is 5.55. The molecule has 2 aromatic rings. The Labute approximate surface area is 147 Å². The van der Waals surface area contributed by atoms with Crippen LogP contribution in [0.25, 0.3) is 0 Å². The number of nitrogens with zero attached hydrogens (tertiary/aromatic N) is 2. The van der Waals surface area contributed by atoms with Gasteiger partial charge >= 0.3 is 5.97 Å². The topological polar surface area (TPSA) is 63.0 Å². The highest BCUT2D eigenvalue weighted by molar-refractivity contribution is 7.09. The van der Waals surface area contributed by atoms with E-state index in [0.717, 1.165) is 29.8 Å². The van der Waals surface area contributed by atoms with Crippen molar-refractivity contribution in [3.63, 3.8) is 0 Å².